The van der Waals surface area contributed by atoms with E-state index in [1.165, 1.54) is 21.9 Å². The first-order valence-corrected chi connectivity index (χ1v) is 11.2. The smallest absolute Gasteiger partial charge is 0.423 e. The predicted molar refractivity (Wildman–Crippen MR) is 115 cm³/mol. The van der Waals surface area contributed by atoms with Crippen molar-refractivity contribution in [3.05, 3.63) is 101 Å². The molecule has 0 unspecified atom stereocenters. The van der Waals surface area contributed by atoms with Gasteiger partial charge < -0.3 is 8.60 Å². The minimum atomic E-state index is -5.75. The molecule has 3 aromatic carbocycles. The molecule has 0 aliphatic carbocycles. The van der Waals surface area contributed by atoms with Gasteiger partial charge in [-0.05, 0) is 42.5 Å². The zero-order valence-electron chi connectivity index (χ0n) is 16.2. The van der Waals surface area contributed by atoms with Crippen molar-refractivity contribution in [3.8, 4) is 5.75 Å². The van der Waals surface area contributed by atoms with Gasteiger partial charge in [-0.1, -0.05) is 48.2 Å². The molecule has 0 atom stereocenters. The molecule has 0 aliphatic heterocycles. The average molecular weight is 480 g/mol. The van der Waals surface area contributed by atoms with Gasteiger partial charge in [-0.15, -0.1) is 0 Å². The Morgan fingerprint density at radius 1 is 0.781 bits per heavy atom. The zero-order chi connectivity index (χ0) is 23.2. The number of rotatable bonds is 4. The maximum Gasteiger partial charge on any atom is 0.534 e. The van der Waals surface area contributed by atoms with Gasteiger partial charge in [0.15, 0.2) is 0 Å². The van der Waals surface area contributed by atoms with Crippen LogP contribution in [0.1, 0.15) is 0 Å². The van der Waals surface area contributed by atoms with Crippen LogP contribution < -0.4 is 9.81 Å². The normalized spacial score (nSPS) is 11.5. The molecule has 0 amide bonds. The van der Waals surface area contributed by atoms with Gasteiger partial charge in [-0.2, -0.15) is 21.6 Å². The molecule has 0 N–H and O–H groups in total. The van der Waals surface area contributed by atoms with E-state index in [2.05, 4.69) is 52.7 Å². The largest absolute Gasteiger partial charge is 0.534 e. The summed E-state index contributed by atoms with van der Waals surface area (Å²) in [7, 11) is -5.75. The summed E-state index contributed by atoms with van der Waals surface area (Å²) in [5.74, 6) is -0.598. The van der Waals surface area contributed by atoms with Crippen LogP contribution in [-0.2, 0) is 10.1 Å². The van der Waals surface area contributed by atoms with Gasteiger partial charge in [0.1, 0.15) is 11.3 Å². The summed E-state index contributed by atoms with van der Waals surface area (Å²) in [4.78, 5) is 13.5. The Balaban J connectivity index is 0.000000193. The Morgan fingerprint density at radius 3 is 1.84 bits per heavy atom. The van der Waals surface area contributed by atoms with Crippen molar-refractivity contribution in [2.24, 2.45) is 0 Å². The highest BCUT2D eigenvalue weighted by Gasteiger charge is 2.48. The van der Waals surface area contributed by atoms with Crippen LogP contribution in [0.4, 0.5) is 13.2 Å². The molecule has 0 spiro atoms. The lowest BCUT2D eigenvalue weighted by atomic mass is 10.2. The molecule has 0 bridgehead atoms. The van der Waals surface area contributed by atoms with Gasteiger partial charge in [-0.25, -0.2) is 4.79 Å². The Hall–Kier alpha value is -3.24. The molecular formula is C22H15F3O5S2. The summed E-state index contributed by atoms with van der Waals surface area (Å²) in [6, 6.07) is 26.5. The predicted octanol–water partition coefficient (Wildman–Crippen LogP) is 5.86. The molecule has 4 rings (SSSR count). The molecule has 4 aromatic rings. The highest BCUT2D eigenvalue weighted by molar-refractivity contribution is 7.99. The van der Waals surface area contributed by atoms with Crippen molar-refractivity contribution in [2.75, 3.05) is 0 Å². The lowest BCUT2D eigenvalue weighted by Gasteiger charge is -2.09. The van der Waals surface area contributed by atoms with E-state index in [9.17, 15) is 26.4 Å². The van der Waals surface area contributed by atoms with E-state index >= 15 is 0 Å². The van der Waals surface area contributed by atoms with E-state index in [-0.39, 0.29) is 5.58 Å². The van der Waals surface area contributed by atoms with E-state index in [0.29, 0.717) is 5.39 Å². The molecule has 0 saturated heterocycles. The van der Waals surface area contributed by atoms with Crippen molar-refractivity contribution in [1.82, 2.24) is 0 Å². The molecule has 5 nitrogen and oxygen atoms in total. The maximum atomic E-state index is 12.1. The average Bonchev–Trinajstić information content (AvgIpc) is 2.74. The van der Waals surface area contributed by atoms with Crippen LogP contribution in [0.2, 0.25) is 0 Å². The molecular weight excluding hydrogens is 465 g/mol. The minimum Gasteiger partial charge on any atom is -0.423 e. The monoisotopic (exact) mass is 480 g/mol. The van der Waals surface area contributed by atoms with Crippen molar-refractivity contribution in [1.29, 1.82) is 0 Å². The maximum absolute atomic E-state index is 12.1. The Labute approximate surface area is 185 Å². The number of benzene rings is 3. The highest BCUT2D eigenvalue weighted by Crippen LogP contribution is 2.28. The first kappa shape index (κ1) is 23.4. The molecule has 0 radical (unpaired) electrons. The summed E-state index contributed by atoms with van der Waals surface area (Å²) in [5, 5.41) is 0.413. The lowest BCUT2D eigenvalue weighted by Crippen LogP contribution is -2.28. The number of hydrogen-bond donors (Lipinski definition) is 0. The standard InChI is InChI=1S/C12H10S.C10H5F3O5S/c1-3-7-11(8-4-1)13-12-9-5-2-6-10-12;11-10(12,13)19(15,16)18-7-3-1-6-2-4-9(14)17-8(6)5-7/h1-10H;1-5H. The summed E-state index contributed by atoms with van der Waals surface area (Å²) < 4.78 is 66.5. The molecule has 166 valence electrons. The third-order valence-corrected chi connectivity index (χ3v) is 5.80. The number of fused-ring (bicyclic) bond motifs is 1. The number of alkyl halides is 3. The lowest BCUT2D eigenvalue weighted by molar-refractivity contribution is -0.0500. The van der Waals surface area contributed by atoms with Crippen molar-refractivity contribution in [3.63, 3.8) is 0 Å². The van der Waals surface area contributed by atoms with Crippen LogP contribution in [0.15, 0.2) is 110 Å². The summed E-state index contributed by atoms with van der Waals surface area (Å²) in [5.41, 5.74) is -6.33. The topological polar surface area (TPSA) is 73.6 Å². The Kier molecular flexibility index (Phi) is 7.26. The first-order valence-electron chi connectivity index (χ1n) is 8.97. The molecule has 1 heterocycles. The van der Waals surface area contributed by atoms with E-state index in [0.717, 1.165) is 18.2 Å². The first-order chi connectivity index (χ1) is 15.1. The van der Waals surface area contributed by atoms with Gasteiger partial charge >= 0.3 is 21.3 Å². The van der Waals surface area contributed by atoms with Crippen LogP contribution in [0.5, 0.6) is 5.75 Å². The van der Waals surface area contributed by atoms with Gasteiger partial charge in [0.05, 0.1) is 0 Å². The summed E-state index contributed by atoms with van der Waals surface area (Å²) >= 11 is 1.79. The minimum absolute atomic E-state index is 0.0811. The fraction of sp³-hybridized carbons (Fsp3) is 0.0455. The molecule has 1 aromatic heterocycles. The van der Waals surface area contributed by atoms with Crippen LogP contribution in [0, 0.1) is 0 Å². The second-order valence-corrected chi connectivity index (χ2v) is 8.85. The van der Waals surface area contributed by atoms with Crippen molar-refractivity contribution in [2.45, 2.75) is 15.3 Å². The van der Waals surface area contributed by atoms with Crippen LogP contribution in [0.3, 0.4) is 0 Å². The van der Waals surface area contributed by atoms with E-state index in [1.807, 2.05) is 12.1 Å². The van der Waals surface area contributed by atoms with E-state index in [1.54, 1.807) is 11.8 Å². The number of halogens is 3. The zero-order valence-corrected chi connectivity index (χ0v) is 17.8. The molecule has 32 heavy (non-hydrogen) atoms. The third kappa shape index (κ3) is 6.38. The highest BCUT2D eigenvalue weighted by atomic mass is 32.2. The summed E-state index contributed by atoms with van der Waals surface area (Å²) in [6.07, 6.45) is 0. The molecule has 0 saturated carbocycles. The van der Waals surface area contributed by atoms with Crippen LogP contribution in [-0.4, -0.2) is 13.9 Å². The van der Waals surface area contributed by atoms with Gasteiger partial charge in [-0.3, -0.25) is 0 Å². The van der Waals surface area contributed by atoms with Gasteiger partial charge in [0.25, 0.3) is 0 Å². The fourth-order valence-corrected chi connectivity index (χ4v) is 3.69. The second-order valence-electron chi connectivity index (χ2n) is 6.17. The Morgan fingerprint density at radius 2 is 1.31 bits per heavy atom. The molecule has 0 fully saturated rings. The van der Waals surface area contributed by atoms with Gasteiger partial charge in [0.2, 0.25) is 0 Å². The van der Waals surface area contributed by atoms with E-state index < -0.39 is 27.0 Å². The fourth-order valence-electron chi connectivity index (χ4n) is 2.38. The van der Waals surface area contributed by atoms with Gasteiger partial charge in [0, 0.05) is 27.3 Å². The quantitative estimate of drug-likeness (QED) is 0.207. The summed E-state index contributed by atoms with van der Waals surface area (Å²) in [6.45, 7) is 0. The SMILES string of the molecule is O=c1ccc2ccc(OS(=O)(=O)C(F)(F)F)cc2o1.c1ccc(Sc2ccccc2)cc1. The van der Waals surface area contributed by atoms with Crippen LogP contribution in [0.25, 0.3) is 11.0 Å². The second kappa shape index (κ2) is 9.92. The molecule has 0 aliphatic rings. The van der Waals surface area contributed by atoms with Crippen LogP contribution >= 0.6 is 11.8 Å². The van der Waals surface area contributed by atoms with E-state index in [4.69, 9.17) is 4.42 Å². The molecule has 10 heteroatoms. The van der Waals surface area contributed by atoms with Crippen molar-refractivity contribution < 1.29 is 30.2 Å². The Bertz CT molecular complexity index is 1300. The van der Waals surface area contributed by atoms with Crippen molar-refractivity contribution >= 4 is 32.8 Å². The third-order valence-electron chi connectivity index (χ3n) is 3.81. The number of hydrogen-bond acceptors (Lipinski definition) is 6.